The largest absolute Gasteiger partial charge is 0.461 e. The van der Waals surface area contributed by atoms with E-state index in [0.717, 1.165) is 67.6 Å². The number of esters is 1. The van der Waals surface area contributed by atoms with E-state index in [9.17, 15) is 20.1 Å². The second-order valence-corrected chi connectivity index (χ2v) is 14.9. The summed E-state index contributed by atoms with van der Waals surface area (Å²) < 4.78 is 6.21. The van der Waals surface area contributed by atoms with Gasteiger partial charge in [0.2, 0.25) is 0 Å². The van der Waals surface area contributed by atoms with Crippen molar-refractivity contribution < 1.29 is 24.9 Å². The van der Waals surface area contributed by atoms with Gasteiger partial charge in [-0.15, -0.1) is 0 Å². The number of aliphatic hydroxyl groups is 3. The van der Waals surface area contributed by atoms with Gasteiger partial charge in [0.05, 0.1) is 30.1 Å². The second kappa shape index (κ2) is 13.6. The Hall–Kier alpha value is -2.22. The zero-order valence-electron chi connectivity index (χ0n) is 27.5. The van der Waals surface area contributed by atoms with Crippen LogP contribution in [0.3, 0.4) is 0 Å². The molecule has 7 nitrogen and oxygen atoms in total. The van der Waals surface area contributed by atoms with Gasteiger partial charge in [0.15, 0.2) is 0 Å². The van der Waals surface area contributed by atoms with E-state index in [2.05, 4.69) is 44.5 Å². The smallest absolute Gasteiger partial charge is 0.311 e. The van der Waals surface area contributed by atoms with E-state index < -0.39 is 18.1 Å². The zero-order chi connectivity index (χ0) is 31.6. The second-order valence-electron chi connectivity index (χ2n) is 14.9. The third kappa shape index (κ3) is 6.66. The van der Waals surface area contributed by atoms with Crippen LogP contribution in [0.25, 0.3) is 0 Å². The molecule has 0 amide bonds. The monoisotopic (exact) mass is 608 g/mol. The molecule has 4 aliphatic rings. The number of rotatable bonds is 12. The lowest BCUT2D eigenvalue weighted by atomic mass is 9.60. The highest BCUT2D eigenvalue weighted by Gasteiger charge is 2.56. The number of aromatic nitrogens is 2. The van der Waals surface area contributed by atoms with Crippen LogP contribution in [0.15, 0.2) is 41.6 Å². The molecule has 4 saturated carbocycles. The molecular weight excluding hydrogens is 552 g/mol. The molecule has 7 heteroatoms. The molecule has 0 bridgehead atoms. The number of nitrogens with zero attached hydrogens (tertiary/aromatic N) is 1. The number of H-pyrrole nitrogens is 1. The minimum atomic E-state index is -0.660. The van der Waals surface area contributed by atoms with Crippen molar-refractivity contribution in [2.24, 2.45) is 29.1 Å². The first-order chi connectivity index (χ1) is 21.0. The average Bonchev–Trinajstić information content (AvgIpc) is 3.52. The molecule has 1 aromatic rings. The number of nitrogens with one attached hydrogen (secondary N) is 1. The number of aliphatic hydroxyl groups excluding tert-OH is 3. The summed E-state index contributed by atoms with van der Waals surface area (Å²) in [7, 11) is 0. The average molecular weight is 609 g/mol. The number of aryl methyl sites for hydroxylation is 1. The lowest BCUT2D eigenvalue weighted by Crippen LogP contribution is -2.38. The highest BCUT2D eigenvalue weighted by molar-refractivity contribution is 5.72. The SMILES string of the molecule is C=C1C(=CC=C2CCC[C@]3(C)[C@@H]([C@H](C)CC[C@@H](OC(=O)C(C)CO)C4(c5ncc(CCC)[nH]5)CC4)CC[C@@H]23)C[C@@H](O)C[C@@H]1O. The van der Waals surface area contributed by atoms with Crippen LogP contribution in [0, 0.1) is 29.1 Å². The van der Waals surface area contributed by atoms with Crippen molar-refractivity contribution >= 4 is 5.97 Å². The number of aromatic amines is 1. The quantitative estimate of drug-likeness (QED) is 0.202. The van der Waals surface area contributed by atoms with Gasteiger partial charge in [-0.3, -0.25) is 4.79 Å². The molecule has 4 N–H and O–H groups in total. The molecule has 0 spiro atoms. The van der Waals surface area contributed by atoms with Gasteiger partial charge in [0.1, 0.15) is 11.9 Å². The highest BCUT2D eigenvalue weighted by Crippen LogP contribution is 2.60. The molecule has 1 heterocycles. The molecule has 0 aliphatic heterocycles. The molecule has 0 radical (unpaired) electrons. The first-order valence-corrected chi connectivity index (χ1v) is 17.3. The normalized spacial score (nSPS) is 33.7. The van der Waals surface area contributed by atoms with Crippen LogP contribution in [-0.2, 0) is 21.4 Å². The van der Waals surface area contributed by atoms with E-state index in [4.69, 9.17) is 9.72 Å². The third-order valence-corrected chi connectivity index (χ3v) is 11.8. The number of carbonyl (C=O) groups is 1. The highest BCUT2D eigenvalue weighted by atomic mass is 16.5. The van der Waals surface area contributed by atoms with Crippen LogP contribution in [0.5, 0.6) is 0 Å². The van der Waals surface area contributed by atoms with Gasteiger partial charge < -0.3 is 25.0 Å². The molecule has 4 fully saturated rings. The molecule has 244 valence electrons. The Morgan fingerprint density at radius 1 is 1.20 bits per heavy atom. The standard InChI is InChI=1S/C37H56N2O5/c1-6-8-28-21-38-35(39-28)37(17-18-37)33(44-34(43)24(3)22-40)15-10-23(2)30-13-14-31-26(9-7-16-36(30,31)5)11-12-27-19-29(41)20-32(42)25(27)4/h11-12,21,23-24,29-33,40-42H,4,6-10,13-20,22H2,1-3,5H3,(H,38,39)/t23-,24?,29-,30-,31+,32+,33-,36-/m1/s1. The molecule has 0 aromatic carbocycles. The van der Waals surface area contributed by atoms with Gasteiger partial charge in [-0.1, -0.05) is 51.5 Å². The number of hydrogen-bond donors (Lipinski definition) is 4. The topological polar surface area (TPSA) is 116 Å². The Balaban J connectivity index is 1.29. The van der Waals surface area contributed by atoms with E-state index in [1.54, 1.807) is 6.92 Å². The van der Waals surface area contributed by atoms with Crippen LogP contribution in [0.1, 0.15) is 116 Å². The van der Waals surface area contributed by atoms with Gasteiger partial charge in [-0.25, -0.2) is 4.98 Å². The maximum absolute atomic E-state index is 12.9. The Morgan fingerprint density at radius 3 is 2.68 bits per heavy atom. The Morgan fingerprint density at radius 2 is 1.98 bits per heavy atom. The van der Waals surface area contributed by atoms with Crippen molar-refractivity contribution in [1.82, 2.24) is 9.97 Å². The number of carbonyl (C=O) groups excluding carboxylic acids is 1. The van der Waals surface area contributed by atoms with Crippen molar-refractivity contribution in [1.29, 1.82) is 0 Å². The van der Waals surface area contributed by atoms with Crippen LogP contribution in [0.2, 0.25) is 0 Å². The molecule has 5 rings (SSSR count). The van der Waals surface area contributed by atoms with Gasteiger partial charge in [-0.2, -0.15) is 0 Å². The minimum Gasteiger partial charge on any atom is -0.461 e. The molecule has 1 unspecified atom stereocenters. The molecule has 1 aromatic heterocycles. The summed E-state index contributed by atoms with van der Waals surface area (Å²) >= 11 is 0. The van der Waals surface area contributed by atoms with E-state index in [1.165, 1.54) is 31.3 Å². The fraction of sp³-hybridized carbons (Fsp3) is 0.730. The maximum Gasteiger partial charge on any atom is 0.311 e. The van der Waals surface area contributed by atoms with Crippen molar-refractivity contribution in [3.63, 3.8) is 0 Å². The van der Waals surface area contributed by atoms with Gasteiger partial charge in [0, 0.05) is 18.3 Å². The molecule has 8 atom stereocenters. The van der Waals surface area contributed by atoms with E-state index in [-0.39, 0.29) is 29.5 Å². The van der Waals surface area contributed by atoms with Crippen molar-refractivity contribution in [3.05, 3.63) is 53.2 Å². The number of imidazole rings is 1. The fourth-order valence-electron chi connectivity index (χ4n) is 8.93. The Labute approximate surface area is 264 Å². The summed E-state index contributed by atoms with van der Waals surface area (Å²) in [6.45, 7) is 12.7. The lowest BCUT2D eigenvalue weighted by molar-refractivity contribution is -0.157. The Bertz CT molecular complexity index is 1240. The molecular formula is C37H56N2O5. The molecule has 4 aliphatic carbocycles. The summed E-state index contributed by atoms with van der Waals surface area (Å²) in [4.78, 5) is 21.3. The number of allylic oxidation sites excluding steroid dienone is 3. The van der Waals surface area contributed by atoms with Crippen molar-refractivity contribution in [2.75, 3.05) is 6.61 Å². The van der Waals surface area contributed by atoms with Crippen molar-refractivity contribution in [2.45, 2.75) is 135 Å². The number of fused-ring (bicyclic) bond motifs is 1. The first kappa shape index (κ1) is 33.2. The summed E-state index contributed by atoms with van der Waals surface area (Å²) in [5.41, 5.74) is 4.34. The third-order valence-electron chi connectivity index (χ3n) is 11.8. The van der Waals surface area contributed by atoms with E-state index in [0.29, 0.717) is 30.6 Å². The predicted molar refractivity (Wildman–Crippen MR) is 173 cm³/mol. The van der Waals surface area contributed by atoms with E-state index >= 15 is 0 Å². The summed E-state index contributed by atoms with van der Waals surface area (Å²) in [5, 5.41) is 30.1. The number of hydrogen-bond acceptors (Lipinski definition) is 6. The van der Waals surface area contributed by atoms with Crippen molar-refractivity contribution in [3.8, 4) is 0 Å². The zero-order valence-corrected chi connectivity index (χ0v) is 27.5. The number of ether oxygens (including phenoxy) is 1. The summed E-state index contributed by atoms with van der Waals surface area (Å²) in [6.07, 6.45) is 17.5. The maximum atomic E-state index is 12.9. The van der Waals surface area contributed by atoms with Crippen LogP contribution in [0.4, 0.5) is 0 Å². The van der Waals surface area contributed by atoms with Crippen LogP contribution in [-0.4, -0.2) is 56.2 Å². The van der Waals surface area contributed by atoms with Gasteiger partial charge >= 0.3 is 5.97 Å². The molecule has 44 heavy (non-hydrogen) atoms. The first-order valence-electron chi connectivity index (χ1n) is 17.3. The van der Waals surface area contributed by atoms with E-state index in [1.807, 2.05) is 6.20 Å². The van der Waals surface area contributed by atoms with Gasteiger partial charge in [-0.05, 0) is 112 Å². The Kier molecular flexibility index (Phi) is 10.3. The summed E-state index contributed by atoms with van der Waals surface area (Å²) in [6, 6.07) is 0. The lowest BCUT2D eigenvalue weighted by Gasteiger charge is -2.44. The molecule has 0 saturated heterocycles. The minimum absolute atomic E-state index is 0.208. The fourth-order valence-corrected chi connectivity index (χ4v) is 8.93. The summed E-state index contributed by atoms with van der Waals surface area (Å²) in [5.74, 6) is 1.73. The predicted octanol–water partition coefficient (Wildman–Crippen LogP) is 6.49. The van der Waals surface area contributed by atoms with Crippen LogP contribution < -0.4 is 0 Å². The van der Waals surface area contributed by atoms with Gasteiger partial charge in [0.25, 0.3) is 0 Å². The van der Waals surface area contributed by atoms with Crippen LogP contribution >= 0.6 is 0 Å².